The Balaban J connectivity index is -0.000000270. The molecule has 0 atom stereocenters. The molecule has 0 aliphatic heterocycles. The van der Waals surface area contributed by atoms with Crippen LogP contribution in [0.25, 0.3) is 0 Å². The Morgan fingerprint density at radius 1 is 0.810 bits per heavy atom. The zero-order chi connectivity index (χ0) is 13.4. The molecule has 0 fully saturated rings. The van der Waals surface area contributed by atoms with Gasteiger partial charge < -0.3 is 30.8 Å². The number of aromatic nitrogens is 4. The van der Waals surface area contributed by atoms with E-state index in [0.717, 1.165) is 0 Å². The minimum Gasteiger partial charge on any atom is -0.543 e. The Bertz CT molecular complexity index is 478. The van der Waals surface area contributed by atoms with Gasteiger partial charge in [-0.05, 0) is 24.3 Å². The van der Waals surface area contributed by atoms with Gasteiger partial charge in [0.1, 0.15) is 11.4 Å². The first-order valence-electron chi connectivity index (χ1n) is 4.59. The van der Waals surface area contributed by atoms with Gasteiger partial charge in [-0.25, -0.2) is 0 Å². The van der Waals surface area contributed by atoms with Gasteiger partial charge >= 0.3 is 17.1 Å². The third-order valence-corrected chi connectivity index (χ3v) is 1.56. The second kappa shape index (κ2) is 12.6. The second-order valence-corrected chi connectivity index (χ2v) is 2.79. The molecule has 2 heterocycles. The van der Waals surface area contributed by atoms with E-state index in [9.17, 15) is 19.8 Å². The molecule has 2 aromatic rings. The Hall–Kier alpha value is -2.46. The average molecular weight is 346 g/mol. The fourth-order valence-electron chi connectivity index (χ4n) is 0.821. The molecule has 117 valence electrons. The molecule has 10 nitrogen and oxygen atoms in total. The molecule has 11 heteroatoms. The van der Waals surface area contributed by atoms with Gasteiger partial charge in [0.2, 0.25) is 0 Å². The number of carboxylic acids is 2. The van der Waals surface area contributed by atoms with E-state index in [1.807, 2.05) is 0 Å². The number of rotatable bonds is 2. The summed E-state index contributed by atoms with van der Waals surface area (Å²) in [5.41, 5.74) is -0.282. The van der Waals surface area contributed by atoms with Gasteiger partial charge in [-0.3, -0.25) is 0 Å². The molecule has 2 aromatic heterocycles. The number of aromatic carboxylic acids is 2. The smallest absolute Gasteiger partial charge is 0.543 e. The number of carbonyl (C=O) groups excluding carboxylic acids is 2. The van der Waals surface area contributed by atoms with Crippen LogP contribution in [0.2, 0.25) is 0 Å². The predicted molar refractivity (Wildman–Crippen MR) is 60.0 cm³/mol. The van der Waals surface area contributed by atoms with E-state index in [-0.39, 0.29) is 39.4 Å². The zero-order valence-corrected chi connectivity index (χ0v) is 11.1. The number of carboxylic acid groups (broad SMARTS) is 2. The molecule has 21 heavy (non-hydrogen) atoms. The minimum absolute atomic E-state index is 0. The molecule has 0 spiro atoms. The Labute approximate surface area is 129 Å². The van der Waals surface area contributed by atoms with Crippen LogP contribution in [-0.2, 0) is 17.1 Å². The monoisotopic (exact) mass is 345 g/mol. The van der Waals surface area contributed by atoms with E-state index >= 15 is 0 Å². The van der Waals surface area contributed by atoms with Crippen molar-refractivity contribution in [3.63, 3.8) is 0 Å². The number of nitrogens with zero attached hydrogens (tertiary/aromatic N) is 4. The average Bonchev–Trinajstić information content (AvgIpc) is 2.41. The van der Waals surface area contributed by atoms with Gasteiger partial charge in [-0.2, -0.15) is 10.2 Å². The van der Waals surface area contributed by atoms with Crippen LogP contribution in [-0.4, -0.2) is 43.3 Å². The van der Waals surface area contributed by atoms with Gasteiger partial charge in [0.05, 0.1) is 11.9 Å². The summed E-state index contributed by atoms with van der Waals surface area (Å²) >= 11 is 0. The van der Waals surface area contributed by atoms with Gasteiger partial charge in [0.15, 0.2) is 0 Å². The van der Waals surface area contributed by atoms with E-state index < -0.39 is 11.9 Å². The predicted octanol–water partition coefficient (Wildman–Crippen LogP) is -3.97. The first kappa shape index (κ1) is 23.6. The molecule has 0 amide bonds. The first-order chi connectivity index (χ1) is 8.61. The summed E-state index contributed by atoms with van der Waals surface area (Å²) in [5, 5.41) is 33.2. The SMILES string of the molecule is O.O.O=C([O-])c1cccnn1.O=C([O-])c1cccnn1.[Cu+2]. The minimum atomic E-state index is -1.30. The number of hydrogen-bond donors (Lipinski definition) is 0. The van der Waals surface area contributed by atoms with Crippen molar-refractivity contribution in [2.45, 2.75) is 0 Å². The molecular formula is C10H10CuN4O6. The standard InChI is InChI=1S/2C5H4N2O2.Cu.2H2O/c2*8-5(9)4-2-1-3-6-7-4;;;/h2*1-3H,(H,8,9);;2*1H2/q;;+2;;/p-2. The zero-order valence-electron chi connectivity index (χ0n) is 10.2. The van der Waals surface area contributed by atoms with E-state index in [0.29, 0.717) is 0 Å². The van der Waals surface area contributed by atoms with Crippen LogP contribution in [0.4, 0.5) is 0 Å². The van der Waals surface area contributed by atoms with Crippen molar-refractivity contribution >= 4 is 11.9 Å². The normalized spacial score (nSPS) is 7.62. The third-order valence-electron chi connectivity index (χ3n) is 1.56. The van der Waals surface area contributed by atoms with Crippen LogP contribution in [0.15, 0.2) is 36.7 Å². The Kier molecular flexibility index (Phi) is 14.1. The van der Waals surface area contributed by atoms with Crippen molar-refractivity contribution in [2.24, 2.45) is 0 Å². The summed E-state index contributed by atoms with van der Waals surface area (Å²) in [6.07, 6.45) is 2.79. The van der Waals surface area contributed by atoms with Crippen LogP contribution >= 0.6 is 0 Å². The number of carbonyl (C=O) groups is 2. The van der Waals surface area contributed by atoms with Gasteiger partial charge in [-0.15, -0.1) is 10.2 Å². The summed E-state index contributed by atoms with van der Waals surface area (Å²) in [4.78, 5) is 20.0. The maximum absolute atomic E-state index is 9.99. The van der Waals surface area contributed by atoms with Crippen molar-refractivity contribution in [3.05, 3.63) is 48.0 Å². The van der Waals surface area contributed by atoms with E-state index in [4.69, 9.17) is 0 Å². The summed E-state index contributed by atoms with van der Waals surface area (Å²) in [5.74, 6) is -2.61. The maximum Gasteiger partial charge on any atom is 2.00 e. The molecule has 0 aliphatic rings. The summed E-state index contributed by atoms with van der Waals surface area (Å²) in [6, 6.07) is 5.61. The van der Waals surface area contributed by atoms with Crippen molar-refractivity contribution in [3.8, 4) is 0 Å². The molecular weight excluding hydrogens is 336 g/mol. The first-order valence-corrected chi connectivity index (χ1v) is 4.59. The van der Waals surface area contributed by atoms with Gasteiger partial charge in [-0.1, -0.05) is 0 Å². The fraction of sp³-hybridized carbons (Fsp3) is 0. The van der Waals surface area contributed by atoms with Crippen molar-refractivity contribution in [2.75, 3.05) is 0 Å². The summed E-state index contributed by atoms with van der Waals surface area (Å²) in [7, 11) is 0. The van der Waals surface area contributed by atoms with E-state index in [2.05, 4.69) is 20.4 Å². The van der Waals surface area contributed by atoms with Crippen LogP contribution < -0.4 is 10.2 Å². The Morgan fingerprint density at radius 3 is 1.29 bits per heavy atom. The van der Waals surface area contributed by atoms with Gasteiger partial charge in [0, 0.05) is 12.4 Å². The largest absolute Gasteiger partial charge is 2.00 e. The van der Waals surface area contributed by atoms with Crippen LogP contribution in [0.3, 0.4) is 0 Å². The van der Waals surface area contributed by atoms with Crippen LogP contribution in [0, 0.1) is 0 Å². The molecule has 0 saturated heterocycles. The summed E-state index contributed by atoms with van der Waals surface area (Å²) in [6.45, 7) is 0. The molecule has 0 unspecified atom stereocenters. The van der Waals surface area contributed by atoms with Crippen molar-refractivity contribution in [1.29, 1.82) is 0 Å². The molecule has 0 aromatic carbocycles. The topological polar surface area (TPSA) is 195 Å². The van der Waals surface area contributed by atoms with Gasteiger partial charge in [0.25, 0.3) is 0 Å². The molecule has 2 rings (SSSR count). The maximum atomic E-state index is 9.99. The molecule has 1 radical (unpaired) electrons. The molecule has 0 bridgehead atoms. The van der Waals surface area contributed by atoms with Crippen molar-refractivity contribution < 1.29 is 47.8 Å². The van der Waals surface area contributed by atoms with Crippen LogP contribution in [0.5, 0.6) is 0 Å². The molecule has 4 N–H and O–H groups in total. The quantitative estimate of drug-likeness (QED) is 0.491. The third kappa shape index (κ3) is 9.13. The Morgan fingerprint density at radius 2 is 1.14 bits per heavy atom. The van der Waals surface area contributed by atoms with E-state index in [1.54, 1.807) is 0 Å². The number of hydrogen-bond acceptors (Lipinski definition) is 8. The second-order valence-electron chi connectivity index (χ2n) is 2.79. The molecule has 0 aliphatic carbocycles. The fourth-order valence-corrected chi connectivity index (χ4v) is 0.821. The van der Waals surface area contributed by atoms with E-state index in [1.165, 1.54) is 36.7 Å². The molecule has 0 saturated carbocycles. The van der Waals surface area contributed by atoms with Crippen LogP contribution in [0.1, 0.15) is 21.0 Å². The summed E-state index contributed by atoms with van der Waals surface area (Å²) < 4.78 is 0. The van der Waals surface area contributed by atoms with Crippen molar-refractivity contribution in [1.82, 2.24) is 20.4 Å².